The summed E-state index contributed by atoms with van der Waals surface area (Å²) in [5.41, 5.74) is 6.01. The largest absolute Gasteiger partial charge is 0.462 e. The van der Waals surface area contributed by atoms with Crippen molar-refractivity contribution in [3.8, 4) is 5.75 Å². The first kappa shape index (κ1) is 16.9. The number of rotatable bonds is 4. The fourth-order valence-corrected chi connectivity index (χ4v) is 2.18. The number of aliphatic hydroxyl groups excluding tert-OH is 4. The summed E-state index contributed by atoms with van der Waals surface area (Å²) in [6.45, 7) is -0.512. The Morgan fingerprint density at radius 3 is 2.36 bits per heavy atom. The monoisotopic (exact) mass is 330 g/mol. The maximum Gasteiger partial charge on any atom is 0.229 e. The summed E-state index contributed by atoms with van der Waals surface area (Å²) < 4.78 is 10.7. The van der Waals surface area contributed by atoms with E-state index < -0.39 is 37.3 Å². The molecule has 0 aromatic heterocycles. The third-order valence-corrected chi connectivity index (χ3v) is 3.32. The minimum Gasteiger partial charge on any atom is -0.462 e. The second kappa shape index (κ2) is 7.18. The predicted molar refractivity (Wildman–Crippen MR) is 81.2 cm³/mol. The quantitative estimate of drug-likeness (QED) is 0.365. The fraction of sp³-hybridized carbons (Fsp3) is 0.462. The molecule has 1 aromatic rings. The maximum absolute atomic E-state index is 9.87. The van der Waals surface area contributed by atoms with Gasteiger partial charge in [-0.3, -0.25) is 0 Å². The summed E-state index contributed by atoms with van der Waals surface area (Å²) in [4.78, 5) is 0. The average molecular weight is 330 g/mol. The molecule has 1 aliphatic heterocycles. The van der Waals surface area contributed by atoms with Crippen molar-refractivity contribution in [3.05, 3.63) is 24.3 Å². The molecule has 0 bridgehead atoms. The predicted octanol–water partition coefficient (Wildman–Crippen LogP) is -1.48. The van der Waals surface area contributed by atoms with Crippen molar-refractivity contribution in [2.24, 2.45) is 5.73 Å². The highest BCUT2D eigenvalue weighted by Crippen LogP contribution is 2.25. The standard InChI is InChI=1S/C13H18N2O6S/c14-13(22)15-6-1-3-7(4-2-6)20-12-11(19)10(18)9(17)8(5-16)21-12/h1-4,8-12,16-19H,5H2,(H3,14,15,22)/t8-,9-,10+,11+,12+/m1/s1. The Morgan fingerprint density at radius 2 is 1.82 bits per heavy atom. The van der Waals surface area contributed by atoms with Crippen LogP contribution in [0, 0.1) is 0 Å². The van der Waals surface area contributed by atoms with E-state index in [0.29, 0.717) is 11.4 Å². The summed E-state index contributed by atoms with van der Waals surface area (Å²) in [6.07, 6.45) is -6.58. The first-order valence-electron chi connectivity index (χ1n) is 6.56. The van der Waals surface area contributed by atoms with Crippen LogP contribution >= 0.6 is 12.2 Å². The number of nitrogens with two attached hydrogens (primary N) is 1. The first-order valence-corrected chi connectivity index (χ1v) is 6.97. The van der Waals surface area contributed by atoms with E-state index in [1.807, 2.05) is 0 Å². The third kappa shape index (κ3) is 3.83. The van der Waals surface area contributed by atoms with Gasteiger partial charge in [0.2, 0.25) is 6.29 Å². The van der Waals surface area contributed by atoms with Crippen molar-refractivity contribution in [1.29, 1.82) is 0 Å². The van der Waals surface area contributed by atoms with E-state index in [0.717, 1.165) is 0 Å². The molecule has 0 aliphatic carbocycles. The lowest BCUT2D eigenvalue weighted by molar-refractivity contribution is -0.277. The fourth-order valence-electron chi connectivity index (χ4n) is 2.06. The average Bonchev–Trinajstić information content (AvgIpc) is 2.49. The summed E-state index contributed by atoms with van der Waals surface area (Å²) in [5.74, 6) is 0.359. The topological polar surface area (TPSA) is 137 Å². The van der Waals surface area contributed by atoms with Crippen molar-refractivity contribution < 1.29 is 29.9 Å². The molecule has 1 aliphatic rings. The number of ether oxygens (including phenoxy) is 2. The van der Waals surface area contributed by atoms with E-state index in [1.54, 1.807) is 24.3 Å². The zero-order valence-electron chi connectivity index (χ0n) is 11.5. The van der Waals surface area contributed by atoms with Gasteiger partial charge in [0.05, 0.1) is 6.61 Å². The molecule has 8 nitrogen and oxygen atoms in total. The van der Waals surface area contributed by atoms with Gasteiger partial charge in [-0.05, 0) is 36.5 Å². The maximum atomic E-state index is 9.87. The molecular formula is C13H18N2O6S. The molecule has 122 valence electrons. The molecule has 1 saturated heterocycles. The summed E-state index contributed by atoms with van der Waals surface area (Å²) in [7, 11) is 0. The summed E-state index contributed by atoms with van der Waals surface area (Å²) in [6, 6.07) is 6.47. The van der Waals surface area contributed by atoms with E-state index in [4.69, 9.17) is 32.5 Å². The van der Waals surface area contributed by atoms with Gasteiger partial charge in [0.15, 0.2) is 5.11 Å². The molecule has 0 spiro atoms. The van der Waals surface area contributed by atoms with Gasteiger partial charge in [-0.2, -0.15) is 0 Å². The van der Waals surface area contributed by atoms with Gasteiger partial charge in [0.25, 0.3) is 0 Å². The van der Waals surface area contributed by atoms with Crippen LogP contribution in [0.15, 0.2) is 24.3 Å². The lowest BCUT2D eigenvalue weighted by Crippen LogP contribution is -2.60. The van der Waals surface area contributed by atoms with Crippen LogP contribution in [-0.4, -0.2) is 62.9 Å². The summed E-state index contributed by atoms with van der Waals surface area (Å²) >= 11 is 4.71. The number of hydrogen-bond donors (Lipinski definition) is 6. The summed E-state index contributed by atoms with van der Waals surface area (Å²) in [5, 5.41) is 41.2. The molecule has 1 fully saturated rings. The molecule has 0 amide bonds. The molecule has 2 rings (SSSR count). The van der Waals surface area contributed by atoms with E-state index in [2.05, 4.69) is 5.32 Å². The van der Waals surface area contributed by atoms with Gasteiger partial charge >= 0.3 is 0 Å². The highest BCUT2D eigenvalue weighted by molar-refractivity contribution is 7.80. The van der Waals surface area contributed by atoms with Crippen molar-refractivity contribution in [2.75, 3.05) is 11.9 Å². The Labute approximate surface area is 132 Å². The second-order valence-corrected chi connectivity index (χ2v) is 5.27. The Morgan fingerprint density at radius 1 is 1.18 bits per heavy atom. The SMILES string of the molecule is NC(=S)Nc1ccc(O[C@H]2O[C@H](CO)[C@@H](O)[C@H](O)[C@@H]2O)cc1. The molecule has 5 atom stereocenters. The molecule has 1 heterocycles. The van der Waals surface area contributed by atoms with Crippen molar-refractivity contribution in [2.45, 2.75) is 30.7 Å². The van der Waals surface area contributed by atoms with Crippen LogP contribution in [0.3, 0.4) is 0 Å². The van der Waals surface area contributed by atoms with E-state index in [1.165, 1.54) is 0 Å². The Balaban J connectivity index is 2.04. The lowest BCUT2D eigenvalue weighted by Gasteiger charge is -2.39. The number of nitrogens with one attached hydrogen (secondary N) is 1. The van der Waals surface area contributed by atoms with Gasteiger partial charge < -0.3 is 41.0 Å². The first-order chi connectivity index (χ1) is 10.4. The number of hydrogen-bond acceptors (Lipinski definition) is 7. The zero-order valence-corrected chi connectivity index (χ0v) is 12.3. The zero-order chi connectivity index (χ0) is 16.3. The molecule has 9 heteroatoms. The molecule has 0 saturated carbocycles. The molecular weight excluding hydrogens is 312 g/mol. The molecule has 1 aromatic carbocycles. The van der Waals surface area contributed by atoms with Gasteiger partial charge in [-0.1, -0.05) is 0 Å². The van der Waals surface area contributed by atoms with E-state index in [-0.39, 0.29) is 5.11 Å². The third-order valence-electron chi connectivity index (χ3n) is 3.22. The van der Waals surface area contributed by atoms with Gasteiger partial charge in [0.1, 0.15) is 30.2 Å². The van der Waals surface area contributed by atoms with Gasteiger partial charge in [-0.15, -0.1) is 0 Å². The number of benzene rings is 1. The Kier molecular flexibility index (Phi) is 5.51. The van der Waals surface area contributed by atoms with Crippen LogP contribution < -0.4 is 15.8 Å². The number of aliphatic hydroxyl groups is 4. The van der Waals surface area contributed by atoms with Crippen molar-refractivity contribution >= 4 is 23.0 Å². The molecule has 0 unspecified atom stereocenters. The minimum absolute atomic E-state index is 0.127. The highest BCUT2D eigenvalue weighted by atomic mass is 32.1. The number of anilines is 1. The Bertz CT molecular complexity index is 512. The normalized spacial score (nSPS) is 31.5. The van der Waals surface area contributed by atoms with Crippen molar-refractivity contribution in [1.82, 2.24) is 0 Å². The number of thiocarbonyl (C=S) groups is 1. The van der Waals surface area contributed by atoms with Crippen LogP contribution in [0.25, 0.3) is 0 Å². The second-order valence-electron chi connectivity index (χ2n) is 4.83. The van der Waals surface area contributed by atoms with E-state index in [9.17, 15) is 15.3 Å². The van der Waals surface area contributed by atoms with Gasteiger partial charge in [-0.25, -0.2) is 0 Å². The van der Waals surface area contributed by atoms with Crippen LogP contribution in [0.1, 0.15) is 0 Å². The van der Waals surface area contributed by atoms with Crippen LogP contribution in [-0.2, 0) is 4.74 Å². The van der Waals surface area contributed by atoms with Crippen LogP contribution in [0.4, 0.5) is 5.69 Å². The molecule has 0 radical (unpaired) electrons. The van der Waals surface area contributed by atoms with Crippen LogP contribution in [0.5, 0.6) is 5.75 Å². The lowest BCUT2D eigenvalue weighted by atomic mass is 9.99. The minimum atomic E-state index is -1.48. The highest BCUT2D eigenvalue weighted by Gasteiger charge is 2.44. The Hall–Kier alpha value is -1.49. The molecule has 7 N–H and O–H groups in total. The van der Waals surface area contributed by atoms with E-state index >= 15 is 0 Å². The smallest absolute Gasteiger partial charge is 0.229 e. The van der Waals surface area contributed by atoms with Gasteiger partial charge in [0, 0.05) is 5.69 Å². The molecule has 22 heavy (non-hydrogen) atoms. The van der Waals surface area contributed by atoms with Crippen LogP contribution in [0.2, 0.25) is 0 Å². The van der Waals surface area contributed by atoms with Crippen molar-refractivity contribution in [3.63, 3.8) is 0 Å².